The Kier molecular flexibility index (Phi) is 6.45. The maximum atomic E-state index is 13.7. The van der Waals surface area contributed by atoms with Crippen LogP contribution in [0.15, 0.2) is 18.2 Å². The molecule has 0 saturated carbocycles. The summed E-state index contributed by atoms with van der Waals surface area (Å²) in [7, 11) is 5.56. The Morgan fingerprint density at radius 3 is 2.50 bits per heavy atom. The average molecular weight is 281 g/mol. The Morgan fingerprint density at radius 1 is 1.25 bits per heavy atom. The van der Waals surface area contributed by atoms with Crippen LogP contribution in [0.4, 0.5) is 10.1 Å². The maximum Gasteiger partial charge on any atom is 0.256 e. The lowest BCUT2D eigenvalue weighted by Gasteiger charge is -2.25. The Hall–Kier alpha value is -1.62. The van der Waals surface area contributed by atoms with Crippen molar-refractivity contribution in [3.05, 3.63) is 29.6 Å². The lowest BCUT2D eigenvalue weighted by Crippen LogP contribution is -2.37. The zero-order valence-corrected chi connectivity index (χ0v) is 12.7. The number of likely N-dealkylation sites (N-methyl/N-ethyl adjacent to an activating group) is 1. The number of nitrogens with zero attached hydrogens (tertiary/aromatic N) is 2. The molecule has 0 aliphatic carbocycles. The zero-order valence-electron chi connectivity index (χ0n) is 12.7. The summed E-state index contributed by atoms with van der Waals surface area (Å²) in [6.07, 6.45) is 0.878. The molecule has 0 bridgehead atoms. The predicted octanol–water partition coefficient (Wildman–Crippen LogP) is 2.28. The van der Waals surface area contributed by atoms with Gasteiger partial charge in [-0.15, -0.1) is 0 Å². The molecule has 20 heavy (non-hydrogen) atoms. The van der Waals surface area contributed by atoms with Gasteiger partial charge in [-0.3, -0.25) is 4.79 Å². The van der Waals surface area contributed by atoms with Crippen molar-refractivity contribution in [3.63, 3.8) is 0 Å². The number of halogens is 1. The second-order valence-corrected chi connectivity index (χ2v) is 5.01. The highest BCUT2D eigenvalue weighted by Gasteiger charge is 2.19. The normalized spacial score (nSPS) is 10.7. The van der Waals surface area contributed by atoms with Crippen LogP contribution < -0.4 is 5.32 Å². The fourth-order valence-corrected chi connectivity index (χ4v) is 2.03. The molecule has 0 aliphatic heterocycles. The average Bonchev–Trinajstić information content (AvgIpc) is 2.42. The van der Waals surface area contributed by atoms with E-state index in [-0.39, 0.29) is 11.6 Å². The predicted molar refractivity (Wildman–Crippen MR) is 80.7 cm³/mol. The molecule has 0 saturated heterocycles. The van der Waals surface area contributed by atoms with Crippen molar-refractivity contribution in [2.45, 2.75) is 13.3 Å². The van der Waals surface area contributed by atoms with E-state index in [0.717, 1.165) is 13.0 Å². The van der Waals surface area contributed by atoms with Gasteiger partial charge in [-0.05, 0) is 32.6 Å². The molecular formula is C15H24FN3O. The highest BCUT2D eigenvalue weighted by Crippen LogP contribution is 2.21. The Bertz CT molecular complexity index is 449. The molecule has 0 fully saturated rings. The fraction of sp³-hybridized carbons (Fsp3) is 0.533. The van der Waals surface area contributed by atoms with Crippen molar-refractivity contribution in [2.75, 3.05) is 46.1 Å². The maximum absolute atomic E-state index is 13.7. The second-order valence-electron chi connectivity index (χ2n) is 5.01. The van der Waals surface area contributed by atoms with Gasteiger partial charge in [0.05, 0.1) is 11.3 Å². The number of carbonyl (C=O) groups is 1. The summed E-state index contributed by atoms with van der Waals surface area (Å²) in [5.41, 5.74) is 0.656. The van der Waals surface area contributed by atoms with E-state index in [0.29, 0.717) is 18.7 Å². The molecule has 1 aromatic carbocycles. The van der Waals surface area contributed by atoms with Crippen molar-refractivity contribution in [3.8, 4) is 0 Å². The number of carbonyl (C=O) groups excluding carboxylic acids is 1. The molecule has 0 spiro atoms. The van der Waals surface area contributed by atoms with E-state index in [1.807, 2.05) is 25.9 Å². The van der Waals surface area contributed by atoms with Crippen LogP contribution in [0.3, 0.4) is 0 Å². The van der Waals surface area contributed by atoms with Crippen molar-refractivity contribution < 1.29 is 9.18 Å². The first-order valence-corrected chi connectivity index (χ1v) is 6.91. The summed E-state index contributed by atoms with van der Waals surface area (Å²) >= 11 is 0. The first-order valence-electron chi connectivity index (χ1n) is 6.91. The number of para-hydroxylation sites is 1. The van der Waals surface area contributed by atoms with E-state index in [2.05, 4.69) is 5.32 Å². The van der Waals surface area contributed by atoms with Crippen LogP contribution >= 0.6 is 0 Å². The number of hydrogen-bond donors (Lipinski definition) is 1. The zero-order chi connectivity index (χ0) is 15.1. The first-order chi connectivity index (χ1) is 9.51. The molecule has 0 heterocycles. The Morgan fingerprint density at radius 2 is 1.95 bits per heavy atom. The molecule has 1 N–H and O–H groups in total. The lowest BCUT2D eigenvalue weighted by molar-refractivity contribution is 0.0745. The van der Waals surface area contributed by atoms with Crippen LogP contribution in [-0.4, -0.2) is 56.5 Å². The quantitative estimate of drug-likeness (QED) is 0.833. The lowest BCUT2D eigenvalue weighted by atomic mass is 10.1. The molecule has 0 atom stereocenters. The van der Waals surface area contributed by atoms with Crippen molar-refractivity contribution >= 4 is 11.6 Å². The number of nitrogens with one attached hydrogen (secondary N) is 1. The Balaban J connectivity index is 2.96. The smallest absolute Gasteiger partial charge is 0.256 e. The minimum Gasteiger partial charge on any atom is -0.385 e. The van der Waals surface area contributed by atoms with Gasteiger partial charge < -0.3 is 15.1 Å². The number of hydrogen-bond acceptors (Lipinski definition) is 3. The van der Waals surface area contributed by atoms with Crippen LogP contribution in [0, 0.1) is 5.82 Å². The van der Waals surface area contributed by atoms with Gasteiger partial charge in [-0.2, -0.15) is 0 Å². The summed E-state index contributed by atoms with van der Waals surface area (Å²) in [5, 5.41) is 2.77. The Labute approximate surface area is 120 Å². The van der Waals surface area contributed by atoms with Gasteiger partial charge >= 0.3 is 0 Å². The number of benzene rings is 1. The van der Waals surface area contributed by atoms with Gasteiger partial charge in [-0.1, -0.05) is 13.0 Å². The molecule has 112 valence electrons. The van der Waals surface area contributed by atoms with Crippen LogP contribution in [0.25, 0.3) is 0 Å². The molecule has 0 aliphatic rings. The van der Waals surface area contributed by atoms with Crippen molar-refractivity contribution in [2.24, 2.45) is 0 Å². The van der Waals surface area contributed by atoms with Crippen LogP contribution in [-0.2, 0) is 0 Å². The largest absolute Gasteiger partial charge is 0.385 e. The number of rotatable bonds is 7. The summed E-state index contributed by atoms with van der Waals surface area (Å²) in [4.78, 5) is 16.4. The van der Waals surface area contributed by atoms with Crippen LogP contribution in [0.5, 0.6) is 0 Å². The number of amides is 1. The van der Waals surface area contributed by atoms with Crippen LogP contribution in [0.1, 0.15) is 23.7 Å². The molecule has 1 aromatic rings. The first kappa shape index (κ1) is 16.4. The summed E-state index contributed by atoms with van der Waals surface area (Å²) in [6.45, 7) is 4.13. The third-order valence-electron chi connectivity index (χ3n) is 3.09. The van der Waals surface area contributed by atoms with E-state index >= 15 is 0 Å². The molecule has 5 heteroatoms. The topological polar surface area (TPSA) is 35.6 Å². The highest BCUT2D eigenvalue weighted by molar-refractivity contribution is 5.99. The minimum atomic E-state index is -0.401. The van der Waals surface area contributed by atoms with E-state index in [1.54, 1.807) is 24.1 Å². The molecule has 0 aromatic heterocycles. The van der Waals surface area contributed by atoms with E-state index < -0.39 is 5.82 Å². The molecule has 1 amide bonds. The molecule has 0 unspecified atom stereocenters. The summed E-state index contributed by atoms with van der Waals surface area (Å²) < 4.78 is 13.7. The molecule has 4 nitrogen and oxygen atoms in total. The van der Waals surface area contributed by atoms with Crippen LogP contribution in [0.2, 0.25) is 0 Å². The van der Waals surface area contributed by atoms with Gasteiger partial charge in [0.25, 0.3) is 5.91 Å². The van der Waals surface area contributed by atoms with E-state index in [4.69, 9.17) is 0 Å². The van der Waals surface area contributed by atoms with Gasteiger partial charge in [0.2, 0.25) is 0 Å². The van der Waals surface area contributed by atoms with Crippen molar-refractivity contribution in [1.29, 1.82) is 0 Å². The third kappa shape index (κ3) is 4.20. The SMILES string of the molecule is CCCN(CCN(C)C)C(=O)c1cccc(F)c1NC. The molecule has 1 rings (SSSR count). The van der Waals surface area contributed by atoms with Gasteiger partial charge in [0, 0.05) is 26.7 Å². The monoisotopic (exact) mass is 281 g/mol. The minimum absolute atomic E-state index is 0.127. The summed E-state index contributed by atoms with van der Waals surface area (Å²) in [6, 6.07) is 4.58. The fourth-order valence-electron chi connectivity index (χ4n) is 2.03. The second kappa shape index (κ2) is 7.85. The van der Waals surface area contributed by atoms with E-state index in [9.17, 15) is 9.18 Å². The van der Waals surface area contributed by atoms with Gasteiger partial charge in [0.15, 0.2) is 0 Å². The standard InChI is InChI=1S/C15H24FN3O/c1-5-9-19(11-10-18(3)4)15(20)12-7-6-8-13(16)14(12)17-2/h6-8,17H,5,9-11H2,1-4H3. The van der Waals surface area contributed by atoms with Gasteiger partial charge in [0.1, 0.15) is 5.82 Å². The molecular weight excluding hydrogens is 257 g/mol. The third-order valence-corrected chi connectivity index (χ3v) is 3.09. The number of anilines is 1. The molecule has 0 radical (unpaired) electrons. The van der Waals surface area contributed by atoms with Gasteiger partial charge in [-0.25, -0.2) is 4.39 Å². The van der Waals surface area contributed by atoms with E-state index in [1.165, 1.54) is 6.07 Å². The highest BCUT2D eigenvalue weighted by atomic mass is 19.1. The summed E-state index contributed by atoms with van der Waals surface area (Å²) in [5.74, 6) is -0.528. The van der Waals surface area contributed by atoms with Crippen molar-refractivity contribution in [1.82, 2.24) is 9.80 Å².